The van der Waals surface area contributed by atoms with Crippen molar-refractivity contribution < 1.29 is 9.53 Å². The van der Waals surface area contributed by atoms with E-state index < -0.39 is 0 Å². The topological polar surface area (TPSA) is 43.6 Å². The van der Waals surface area contributed by atoms with E-state index in [1.165, 1.54) is 17.0 Å². The van der Waals surface area contributed by atoms with Gasteiger partial charge in [-0.25, -0.2) is 0 Å². The summed E-state index contributed by atoms with van der Waals surface area (Å²) < 4.78 is 7.27. The number of thiazole rings is 1. The highest BCUT2D eigenvalue weighted by Crippen LogP contribution is 2.30. The van der Waals surface area contributed by atoms with Crippen LogP contribution in [0.25, 0.3) is 0 Å². The highest BCUT2D eigenvalue weighted by molar-refractivity contribution is 7.09. The monoisotopic (exact) mass is 310 g/mol. The molecular formula is C16H26N2O2S. The van der Waals surface area contributed by atoms with E-state index in [9.17, 15) is 4.79 Å². The summed E-state index contributed by atoms with van der Waals surface area (Å²) in [7, 11) is 1.70. The van der Waals surface area contributed by atoms with Crippen molar-refractivity contribution in [2.45, 2.75) is 53.0 Å². The molecule has 4 nitrogen and oxygen atoms in total. The van der Waals surface area contributed by atoms with Crippen LogP contribution in [0.1, 0.15) is 43.2 Å². The Morgan fingerprint density at radius 1 is 1.38 bits per heavy atom. The molecule has 1 fully saturated rings. The fraction of sp³-hybridized carbons (Fsp3) is 0.750. The maximum absolute atomic E-state index is 12.5. The van der Waals surface area contributed by atoms with Crippen molar-refractivity contribution in [1.29, 1.82) is 0 Å². The number of aryl methyl sites for hydroxylation is 1. The normalized spacial score (nSPS) is 23.5. The number of methoxy groups -OCH3 is 1. The van der Waals surface area contributed by atoms with Gasteiger partial charge in [0.25, 0.3) is 5.91 Å². The van der Waals surface area contributed by atoms with E-state index in [0.717, 1.165) is 30.6 Å². The van der Waals surface area contributed by atoms with Gasteiger partial charge < -0.3 is 9.30 Å². The van der Waals surface area contributed by atoms with Crippen LogP contribution in [0.3, 0.4) is 0 Å². The van der Waals surface area contributed by atoms with Gasteiger partial charge in [-0.05, 0) is 32.6 Å². The van der Waals surface area contributed by atoms with Crippen molar-refractivity contribution in [1.82, 2.24) is 4.57 Å². The smallest absolute Gasteiger partial charge is 0.251 e. The van der Waals surface area contributed by atoms with Gasteiger partial charge in [-0.1, -0.05) is 19.8 Å². The van der Waals surface area contributed by atoms with Crippen LogP contribution in [0.15, 0.2) is 4.99 Å². The minimum absolute atomic E-state index is 0.0645. The van der Waals surface area contributed by atoms with Gasteiger partial charge in [-0.2, -0.15) is 4.99 Å². The van der Waals surface area contributed by atoms with Crippen molar-refractivity contribution in [2.24, 2.45) is 16.8 Å². The molecule has 0 N–H and O–H groups in total. The summed E-state index contributed by atoms with van der Waals surface area (Å²) in [6.07, 6.45) is 4.54. The third-order valence-electron chi connectivity index (χ3n) is 4.54. The molecule has 1 aromatic rings. The molecule has 0 unspecified atom stereocenters. The average molecular weight is 310 g/mol. The van der Waals surface area contributed by atoms with Gasteiger partial charge in [0, 0.05) is 30.1 Å². The van der Waals surface area contributed by atoms with Crippen LogP contribution in [0.5, 0.6) is 0 Å². The van der Waals surface area contributed by atoms with Crippen molar-refractivity contribution >= 4 is 17.2 Å². The Labute approximate surface area is 130 Å². The Hall–Kier alpha value is -0.940. The Morgan fingerprint density at radius 2 is 2.10 bits per heavy atom. The highest BCUT2D eigenvalue weighted by atomic mass is 32.1. The molecule has 118 valence electrons. The summed E-state index contributed by atoms with van der Waals surface area (Å²) >= 11 is 1.60. The number of carbonyl (C=O) groups is 1. The standard InChI is InChI=1S/C16H26N2O2S/c1-11-7-5-6-8-14(11)15(19)17-16-18(9-10-20-4)12(2)13(3)21-16/h11,14H,5-10H2,1-4H3/t11-,14+/m1/s1. The van der Waals surface area contributed by atoms with Gasteiger partial charge in [0.2, 0.25) is 0 Å². The first-order chi connectivity index (χ1) is 10.0. The highest BCUT2D eigenvalue weighted by Gasteiger charge is 2.27. The zero-order valence-electron chi connectivity index (χ0n) is 13.5. The van der Waals surface area contributed by atoms with E-state index in [1.54, 1.807) is 18.4 Å². The van der Waals surface area contributed by atoms with Crippen LogP contribution in [0.4, 0.5) is 0 Å². The van der Waals surface area contributed by atoms with Gasteiger partial charge in [-0.3, -0.25) is 4.79 Å². The third kappa shape index (κ3) is 3.83. The van der Waals surface area contributed by atoms with Gasteiger partial charge in [-0.15, -0.1) is 11.3 Å². The lowest BCUT2D eigenvalue weighted by molar-refractivity contribution is -0.124. The second-order valence-corrected chi connectivity index (χ2v) is 7.17. The van der Waals surface area contributed by atoms with Crippen LogP contribution < -0.4 is 4.80 Å². The van der Waals surface area contributed by atoms with Crippen LogP contribution >= 0.6 is 11.3 Å². The molecule has 1 aliphatic carbocycles. The molecular weight excluding hydrogens is 284 g/mol. The molecule has 1 aromatic heterocycles. The first kappa shape index (κ1) is 16.4. The Balaban J connectivity index is 2.27. The van der Waals surface area contributed by atoms with Gasteiger partial charge in [0.1, 0.15) is 0 Å². The molecule has 5 heteroatoms. The minimum atomic E-state index is 0.0645. The fourth-order valence-corrected chi connectivity index (χ4v) is 3.99. The predicted molar refractivity (Wildman–Crippen MR) is 85.4 cm³/mol. The molecule has 0 aliphatic heterocycles. The van der Waals surface area contributed by atoms with Crippen molar-refractivity contribution in [2.75, 3.05) is 13.7 Å². The average Bonchev–Trinajstić information content (AvgIpc) is 2.72. The molecule has 2 rings (SSSR count). The predicted octanol–water partition coefficient (Wildman–Crippen LogP) is 3.07. The molecule has 1 amide bonds. The summed E-state index contributed by atoms with van der Waals surface area (Å²) in [5, 5.41) is 0. The Morgan fingerprint density at radius 3 is 2.76 bits per heavy atom. The van der Waals surface area contributed by atoms with Gasteiger partial charge >= 0.3 is 0 Å². The number of nitrogens with zero attached hydrogens (tertiary/aromatic N) is 2. The number of hydrogen-bond acceptors (Lipinski definition) is 3. The Kier molecular flexibility index (Phi) is 5.76. The molecule has 1 heterocycles. The Bertz CT molecular complexity index is 559. The minimum Gasteiger partial charge on any atom is -0.383 e. The number of rotatable bonds is 4. The second kappa shape index (κ2) is 7.36. The van der Waals surface area contributed by atoms with Crippen LogP contribution in [-0.4, -0.2) is 24.2 Å². The van der Waals surface area contributed by atoms with E-state index in [2.05, 4.69) is 30.3 Å². The van der Waals surface area contributed by atoms with E-state index in [4.69, 9.17) is 4.74 Å². The van der Waals surface area contributed by atoms with E-state index >= 15 is 0 Å². The molecule has 0 aromatic carbocycles. The zero-order valence-corrected chi connectivity index (χ0v) is 14.3. The van der Waals surface area contributed by atoms with E-state index in [-0.39, 0.29) is 11.8 Å². The summed E-state index contributed by atoms with van der Waals surface area (Å²) in [6, 6.07) is 0. The number of carbonyl (C=O) groups excluding carboxylic acids is 1. The molecule has 1 saturated carbocycles. The molecule has 0 saturated heterocycles. The summed E-state index contributed by atoms with van der Waals surface area (Å²) in [5.41, 5.74) is 1.18. The summed E-state index contributed by atoms with van der Waals surface area (Å²) in [6.45, 7) is 7.72. The maximum atomic E-state index is 12.5. The molecule has 1 aliphatic rings. The molecule has 0 spiro atoms. The SMILES string of the molecule is COCCn1c(C)c(C)sc1=NC(=O)[C@H]1CCCC[C@H]1C. The third-order valence-corrected chi connectivity index (χ3v) is 5.64. The van der Waals surface area contributed by atoms with E-state index in [0.29, 0.717) is 12.5 Å². The number of amides is 1. The van der Waals surface area contributed by atoms with Crippen molar-refractivity contribution in [3.8, 4) is 0 Å². The number of aromatic nitrogens is 1. The van der Waals surface area contributed by atoms with Gasteiger partial charge in [0.05, 0.1) is 6.61 Å². The molecule has 21 heavy (non-hydrogen) atoms. The molecule has 0 bridgehead atoms. The fourth-order valence-electron chi connectivity index (χ4n) is 2.99. The zero-order chi connectivity index (χ0) is 15.4. The van der Waals surface area contributed by atoms with Crippen molar-refractivity contribution in [3.05, 3.63) is 15.4 Å². The van der Waals surface area contributed by atoms with Crippen LogP contribution in [0, 0.1) is 25.7 Å². The van der Waals surface area contributed by atoms with Crippen LogP contribution in [0.2, 0.25) is 0 Å². The lowest BCUT2D eigenvalue weighted by Crippen LogP contribution is -2.27. The number of ether oxygens (including phenoxy) is 1. The summed E-state index contributed by atoms with van der Waals surface area (Å²) in [4.78, 5) is 19.0. The van der Waals surface area contributed by atoms with Gasteiger partial charge in [0.15, 0.2) is 4.80 Å². The lowest BCUT2D eigenvalue weighted by Gasteiger charge is -2.25. The largest absolute Gasteiger partial charge is 0.383 e. The van der Waals surface area contributed by atoms with E-state index in [1.807, 2.05) is 0 Å². The first-order valence-corrected chi connectivity index (χ1v) is 8.60. The second-order valence-electron chi connectivity index (χ2n) is 5.99. The molecule has 2 atom stereocenters. The quantitative estimate of drug-likeness (QED) is 0.858. The molecule has 0 radical (unpaired) electrons. The van der Waals surface area contributed by atoms with Crippen molar-refractivity contribution in [3.63, 3.8) is 0 Å². The van der Waals surface area contributed by atoms with Crippen LogP contribution in [-0.2, 0) is 16.1 Å². The lowest BCUT2D eigenvalue weighted by atomic mass is 9.80. The first-order valence-electron chi connectivity index (χ1n) is 7.79. The maximum Gasteiger partial charge on any atom is 0.251 e. The summed E-state index contributed by atoms with van der Waals surface area (Å²) in [5.74, 6) is 0.636. The number of hydrogen-bond donors (Lipinski definition) is 0.